The first-order valence-electron chi connectivity index (χ1n) is 7.00. The summed E-state index contributed by atoms with van der Waals surface area (Å²) in [5, 5.41) is 10.3. The maximum absolute atomic E-state index is 4.12. The third-order valence-electron chi connectivity index (χ3n) is 3.64. The minimum Gasteiger partial charge on any atom is -0.316 e. The molecule has 0 atom stereocenters. The van der Waals surface area contributed by atoms with Crippen LogP contribution in [-0.4, -0.2) is 28.3 Å². The number of aryl methyl sites for hydroxylation is 1. The van der Waals surface area contributed by atoms with Crippen LogP contribution in [0.4, 0.5) is 0 Å². The molecule has 96 valence electrons. The summed E-state index contributed by atoms with van der Waals surface area (Å²) in [5.74, 6) is 1.92. The number of nitrogens with zero attached hydrogens (tertiary/aromatic N) is 2. The van der Waals surface area contributed by atoms with E-state index >= 15 is 0 Å². The molecule has 2 N–H and O–H groups in total. The lowest BCUT2D eigenvalue weighted by Crippen LogP contribution is -2.24. The van der Waals surface area contributed by atoms with Crippen molar-refractivity contribution >= 4 is 0 Å². The molecular formula is C13H24N4. The molecule has 0 bridgehead atoms. The summed E-state index contributed by atoms with van der Waals surface area (Å²) < 4.78 is 0. The summed E-state index contributed by atoms with van der Waals surface area (Å²) >= 11 is 0. The van der Waals surface area contributed by atoms with Gasteiger partial charge in [-0.1, -0.05) is 25.7 Å². The molecule has 0 radical (unpaired) electrons. The van der Waals surface area contributed by atoms with Gasteiger partial charge in [0.2, 0.25) is 0 Å². The Hall–Kier alpha value is -0.900. The van der Waals surface area contributed by atoms with Gasteiger partial charge in [0.1, 0.15) is 12.2 Å². The Labute approximate surface area is 104 Å². The van der Waals surface area contributed by atoms with Crippen molar-refractivity contribution in [2.45, 2.75) is 51.4 Å². The van der Waals surface area contributed by atoms with Crippen LogP contribution in [0.1, 0.15) is 50.8 Å². The Morgan fingerprint density at radius 2 is 2.06 bits per heavy atom. The van der Waals surface area contributed by atoms with Gasteiger partial charge in [0.15, 0.2) is 0 Å². The Balaban J connectivity index is 1.50. The van der Waals surface area contributed by atoms with E-state index in [1.54, 1.807) is 6.33 Å². The van der Waals surface area contributed by atoms with Gasteiger partial charge in [-0.2, -0.15) is 5.10 Å². The number of hydrogen-bond acceptors (Lipinski definition) is 3. The summed E-state index contributed by atoms with van der Waals surface area (Å²) in [6.45, 7) is 2.30. The van der Waals surface area contributed by atoms with E-state index in [-0.39, 0.29) is 0 Å². The molecule has 2 rings (SSSR count). The maximum atomic E-state index is 4.12. The van der Waals surface area contributed by atoms with Crippen LogP contribution in [0.15, 0.2) is 6.33 Å². The van der Waals surface area contributed by atoms with Gasteiger partial charge in [0.05, 0.1) is 0 Å². The summed E-state index contributed by atoms with van der Waals surface area (Å²) in [7, 11) is 0. The fraction of sp³-hybridized carbons (Fsp3) is 0.846. The average molecular weight is 236 g/mol. The van der Waals surface area contributed by atoms with Crippen molar-refractivity contribution in [1.29, 1.82) is 0 Å². The molecule has 1 aliphatic carbocycles. The highest BCUT2D eigenvalue weighted by molar-refractivity contribution is 4.79. The van der Waals surface area contributed by atoms with Crippen molar-refractivity contribution in [3.05, 3.63) is 12.2 Å². The second-order valence-corrected chi connectivity index (χ2v) is 5.10. The molecule has 0 saturated heterocycles. The number of H-pyrrole nitrogens is 1. The topological polar surface area (TPSA) is 53.6 Å². The normalized spacial score (nSPS) is 18.1. The zero-order valence-electron chi connectivity index (χ0n) is 10.6. The zero-order valence-corrected chi connectivity index (χ0v) is 10.6. The molecule has 1 fully saturated rings. The number of rotatable bonds is 6. The molecule has 1 aliphatic rings. The molecular weight excluding hydrogens is 212 g/mol. The molecule has 1 aromatic heterocycles. The molecule has 4 heteroatoms. The highest BCUT2D eigenvalue weighted by Crippen LogP contribution is 2.21. The molecule has 17 heavy (non-hydrogen) atoms. The first-order valence-corrected chi connectivity index (χ1v) is 7.00. The minimum absolute atomic E-state index is 0.919. The number of hydrogen-bond donors (Lipinski definition) is 2. The van der Waals surface area contributed by atoms with Crippen LogP contribution in [0.25, 0.3) is 0 Å². The number of aromatic nitrogens is 3. The van der Waals surface area contributed by atoms with Crippen LogP contribution in [0.2, 0.25) is 0 Å². The van der Waals surface area contributed by atoms with Crippen LogP contribution in [-0.2, 0) is 6.42 Å². The van der Waals surface area contributed by atoms with E-state index in [1.165, 1.54) is 45.1 Å². The molecule has 0 amide bonds. The predicted molar refractivity (Wildman–Crippen MR) is 68.8 cm³/mol. The van der Waals surface area contributed by atoms with E-state index in [9.17, 15) is 0 Å². The van der Waals surface area contributed by atoms with Gasteiger partial charge in [-0.15, -0.1) is 0 Å². The highest BCUT2D eigenvalue weighted by atomic mass is 15.2. The van der Waals surface area contributed by atoms with Crippen molar-refractivity contribution in [2.24, 2.45) is 5.92 Å². The molecule has 0 aromatic carbocycles. The molecule has 4 nitrogen and oxygen atoms in total. The summed E-state index contributed by atoms with van der Waals surface area (Å²) in [6.07, 6.45) is 12.3. The summed E-state index contributed by atoms with van der Waals surface area (Å²) in [6, 6.07) is 0. The lowest BCUT2D eigenvalue weighted by molar-refractivity contribution is 0.424. The SMILES string of the molecule is c1n[nH]c(CCCNCC2CCCCCC2)n1. The van der Waals surface area contributed by atoms with Crippen molar-refractivity contribution < 1.29 is 0 Å². The third-order valence-corrected chi connectivity index (χ3v) is 3.64. The van der Waals surface area contributed by atoms with Gasteiger partial charge in [0, 0.05) is 6.42 Å². The lowest BCUT2D eigenvalue weighted by atomic mass is 10.0. The summed E-state index contributed by atoms with van der Waals surface area (Å²) in [5.41, 5.74) is 0. The third kappa shape index (κ3) is 4.86. The first-order chi connectivity index (χ1) is 8.45. The molecule has 0 unspecified atom stereocenters. The predicted octanol–water partition coefficient (Wildman–Crippen LogP) is 2.30. The van der Waals surface area contributed by atoms with Gasteiger partial charge in [0.25, 0.3) is 0 Å². The van der Waals surface area contributed by atoms with Crippen LogP contribution >= 0.6 is 0 Å². The Morgan fingerprint density at radius 3 is 2.76 bits per heavy atom. The average Bonchev–Trinajstić information content (AvgIpc) is 2.72. The van der Waals surface area contributed by atoms with Gasteiger partial charge in [-0.05, 0) is 38.3 Å². The molecule has 1 heterocycles. The van der Waals surface area contributed by atoms with E-state index in [1.807, 2.05) is 0 Å². The lowest BCUT2D eigenvalue weighted by Gasteiger charge is -2.14. The second kappa shape index (κ2) is 7.43. The Bertz CT molecular complexity index is 276. The van der Waals surface area contributed by atoms with Crippen LogP contribution in [0, 0.1) is 5.92 Å². The first kappa shape index (κ1) is 12.6. The van der Waals surface area contributed by atoms with Crippen LogP contribution < -0.4 is 5.32 Å². The smallest absolute Gasteiger partial charge is 0.137 e. The fourth-order valence-corrected chi connectivity index (χ4v) is 2.61. The Morgan fingerprint density at radius 1 is 1.24 bits per heavy atom. The van der Waals surface area contributed by atoms with E-state index < -0.39 is 0 Å². The van der Waals surface area contributed by atoms with E-state index in [4.69, 9.17) is 0 Å². The van der Waals surface area contributed by atoms with Gasteiger partial charge >= 0.3 is 0 Å². The quantitative estimate of drug-likeness (QED) is 0.588. The molecule has 0 spiro atoms. The second-order valence-electron chi connectivity index (χ2n) is 5.10. The molecule has 1 aromatic rings. The van der Waals surface area contributed by atoms with Crippen molar-refractivity contribution in [1.82, 2.24) is 20.5 Å². The van der Waals surface area contributed by atoms with Crippen LogP contribution in [0.5, 0.6) is 0 Å². The standard InChI is InChI=1S/C13H24N4/c1-2-4-7-12(6-3-1)10-14-9-5-8-13-15-11-16-17-13/h11-12,14H,1-10H2,(H,15,16,17). The number of nitrogens with one attached hydrogen (secondary N) is 2. The van der Waals surface area contributed by atoms with Crippen molar-refractivity contribution in [3.63, 3.8) is 0 Å². The van der Waals surface area contributed by atoms with Crippen molar-refractivity contribution in [3.8, 4) is 0 Å². The fourth-order valence-electron chi connectivity index (χ4n) is 2.61. The van der Waals surface area contributed by atoms with Gasteiger partial charge in [-0.3, -0.25) is 5.10 Å². The Kier molecular flexibility index (Phi) is 5.49. The minimum atomic E-state index is 0.919. The monoisotopic (exact) mass is 236 g/mol. The zero-order chi connectivity index (χ0) is 11.8. The van der Waals surface area contributed by atoms with E-state index in [0.717, 1.165) is 31.1 Å². The van der Waals surface area contributed by atoms with E-state index in [2.05, 4.69) is 20.5 Å². The van der Waals surface area contributed by atoms with E-state index in [0.29, 0.717) is 0 Å². The molecule has 1 saturated carbocycles. The van der Waals surface area contributed by atoms with Gasteiger partial charge < -0.3 is 5.32 Å². The highest BCUT2D eigenvalue weighted by Gasteiger charge is 2.11. The molecule has 0 aliphatic heterocycles. The number of aromatic amines is 1. The maximum Gasteiger partial charge on any atom is 0.137 e. The largest absolute Gasteiger partial charge is 0.316 e. The van der Waals surface area contributed by atoms with Crippen LogP contribution in [0.3, 0.4) is 0 Å². The summed E-state index contributed by atoms with van der Waals surface area (Å²) in [4.78, 5) is 4.12. The van der Waals surface area contributed by atoms with Crippen molar-refractivity contribution in [2.75, 3.05) is 13.1 Å². The van der Waals surface area contributed by atoms with Gasteiger partial charge in [-0.25, -0.2) is 4.98 Å².